The Hall–Kier alpha value is -4.19. The summed E-state index contributed by atoms with van der Waals surface area (Å²) in [5, 5.41) is 0.685. The number of nitrogens with zero attached hydrogens (tertiary/aromatic N) is 3. The van der Waals surface area contributed by atoms with E-state index in [-0.39, 0.29) is 12.5 Å². The summed E-state index contributed by atoms with van der Waals surface area (Å²) in [4.78, 5) is 43.6. The second kappa shape index (κ2) is 10.6. The SMILES string of the molecule is O=C(C(=O)N(Cc1ccccc1)Cc1ccccc1)c1cn(CC(=O)N2CCCC2)c2ccccc12. The Bertz CT molecular complexity index is 1330. The second-order valence-electron chi connectivity index (χ2n) is 9.24. The summed E-state index contributed by atoms with van der Waals surface area (Å²) in [5.41, 5.74) is 3.01. The van der Waals surface area contributed by atoms with E-state index in [9.17, 15) is 14.4 Å². The van der Waals surface area contributed by atoms with Gasteiger partial charge >= 0.3 is 0 Å². The molecule has 6 heteroatoms. The van der Waals surface area contributed by atoms with Crippen LogP contribution < -0.4 is 0 Å². The first kappa shape index (κ1) is 23.5. The number of ketones is 1. The second-order valence-corrected chi connectivity index (χ2v) is 9.24. The lowest BCUT2D eigenvalue weighted by molar-refractivity contribution is -0.130. The highest BCUT2D eigenvalue weighted by Crippen LogP contribution is 2.24. The lowest BCUT2D eigenvalue weighted by atomic mass is 10.1. The minimum absolute atomic E-state index is 0.0355. The van der Waals surface area contributed by atoms with E-state index in [1.807, 2.05) is 89.8 Å². The Kier molecular flexibility index (Phi) is 6.94. The minimum atomic E-state index is -0.564. The largest absolute Gasteiger partial charge is 0.341 e. The van der Waals surface area contributed by atoms with Crippen LogP contribution in [0.5, 0.6) is 0 Å². The number of hydrogen-bond acceptors (Lipinski definition) is 3. The fourth-order valence-corrected chi connectivity index (χ4v) is 4.84. The monoisotopic (exact) mass is 479 g/mol. The molecular formula is C30H29N3O3. The molecule has 0 radical (unpaired) electrons. The van der Waals surface area contributed by atoms with Crippen LogP contribution in [0.4, 0.5) is 0 Å². The lowest BCUT2D eigenvalue weighted by Gasteiger charge is -2.22. The van der Waals surface area contributed by atoms with E-state index < -0.39 is 11.7 Å². The van der Waals surface area contributed by atoms with Crippen molar-refractivity contribution in [3.63, 3.8) is 0 Å². The van der Waals surface area contributed by atoms with Gasteiger partial charge in [-0.1, -0.05) is 78.9 Å². The standard InChI is InChI=1S/C30H29N3O3/c34-28(31-17-9-10-18-31)22-32-21-26(25-15-7-8-16-27(25)32)29(35)30(36)33(19-23-11-3-1-4-12-23)20-24-13-5-2-6-14-24/h1-8,11-16,21H,9-10,17-20,22H2. The number of aromatic nitrogens is 1. The normalized spacial score (nSPS) is 13.2. The molecule has 182 valence electrons. The molecule has 6 nitrogen and oxygen atoms in total. The third-order valence-corrected chi connectivity index (χ3v) is 6.71. The molecule has 0 spiro atoms. The molecule has 1 aromatic heterocycles. The maximum atomic E-state index is 13.6. The highest BCUT2D eigenvalue weighted by molar-refractivity contribution is 6.44. The Morgan fingerprint density at radius 1 is 0.722 bits per heavy atom. The number of benzene rings is 3. The van der Waals surface area contributed by atoms with E-state index in [2.05, 4.69) is 0 Å². The van der Waals surface area contributed by atoms with Crippen molar-refractivity contribution in [2.24, 2.45) is 0 Å². The number of fused-ring (bicyclic) bond motifs is 1. The van der Waals surface area contributed by atoms with Crippen molar-refractivity contribution < 1.29 is 14.4 Å². The van der Waals surface area contributed by atoms with Crippen LogP contribution in [0.2, 0.25) is 0 Å². The molecule has 2 heterocycles. The summed E-state index contributed by atoms with van der Waals surface area (Å²) in [5.74, 6) is -1.09. The maximum Gasteiger partial charge on any atom is 0.295 e. The van der Waals surface area contributed by atoms with Crippen LogP contribution in [0, 0.1) is 0 Å². The average molecular weight is 480 g/mol. The van der Waals surface area contributed by atoms with Crippen LogP contribution in [-0.4, -0.2) is 45.1 Å². The van der Waals surface area contributed by atoms with Crippen LogP contribution in [0.1, 0.15) is 34.3 Å². The zero-order valence-corrected chi connectivity index (χ0v) is 20.2. The third-order valence-electron chi connectivity index (χ3n) is 6.71. The average Bonchev–Trinajstić information content (AvgIpc) is 3.58. The van der Waals surface area contributed by atoms with Crippen LogP contribution >= 0.6 is 0 Å². The smallest absolute Gasteiger partial charge is 0.295 e. The van der Waals surface area contributed by atoms with Gasteiger partial charge in [-0.2, -0.15) is 0 Å². The van der Waals surface area contributed by atoms with Gasteiger partial charge < -0.3 is 14.4 Å². The first-order valence-corrected chi connectivity index (χ1v) is 12.4. The Morgan fingerprint density at radius 2 is 1.28 bits per heavy atom. The fraction of sp³-hybridized carbons (Fsp3) is 0.233. The predicted molar refractivity (Wildman–Crippen MR) is 139 cm³/mol. The Morgan fingerprint density at radius 3 is 1.89 bits per heavy atom. The fourth-order valence-electron chi connectivity index (χ4n) is 4.84. The molecule has 1 fully saturated rings. The van der Waals surface area contributed by atoms with Gasteiger partial charge in [0, 0.05) is 43.3 Å². The van der Waals surface area contributed by atoms with Crippen molar-refractivity contribution in [3.05, 3.63) is 108 Å². The molecule has 0 unspecified atom stereocenters. The van der Waals surface area contributed by atoms with E-state index in [4.69, 9.17) is 0 Å². The molecule has 0 N–H and O–H groups in total. The molecule has 0 atom stereocenters. The summed E-state index contributed by atoms with van der Waals surface area (Å²) in [6, 6.07) is 26.8. The van der Waals surface area contributed by atoms with Gasteiger partial charge in [0.15, 0.2) is 0 Å². The van der Waals surface area contributed by atoms with Gasteiger partial charge in [0.25, 0.3) is 11.7 Å². The summed E-state index contributed by atoms with van der Waals surface area (Å²) in [6.07, 6.45) is 3.71. The summed E-state index contributed by atoms with van der Waals surface area (Å²) in [7, 11) is 0. The van der Waals surface area contributed by atoms with Crippen molar-refractivity contribution in [2.45, 2.75) is 32.5 Å². The topological polar surface area (TPSA) is 62.6 Å². The molecule has 5 rings (SSSR count). The molecule has 0 saturated carbocycles. The number of carbonyl (C=O) groups excluding carboxylic acids is 3. The van der Waals surface area contributed by atoms with Crippen LogP contribution in [-0.2, 0) is 29.2 Å². The molecule has 2 amide bonds. The summed E-state index contributed by atoms with van der Waals surface area (Å²) >= 11 is 0. The van der Waals surface area contributed by atoms with Gasteiger partial charge in [-0.25, -0.2) is 0 Å². The zero-order valence-electron chi connectivity index (χ0n) is 20.2. The zero-order chi connectivity index (χ0) is 24.9. The molecular weight excluding hydrogens is 450 g/mol. The highest BCUT2D eigenvalue weighted by atomic mass is 16.2. The number of amides is 2. The first-order valence-electron chi connectivity index (χ1n) is 12.4. The van der Waals surface area contributed by atoms with Crippen molar-refractivity contribution >= 4 is 28.5 Å². The number of para-hydroxylation sites is 1. The number of likely N-dealkylation sites (tertiary alicyclic amines) is 1. The van der Waals surface area contributed by atoms with Crippen molar-refractivity contribution in [1.82, 2.24) is 14.4 Å². The van der Waals surface area contributed by atoms with Gasteiger partial charge in [-0.3, -0.25) is 14.4 Å². The third kappa shape index (κ3) is 5.08. The molecule has 0 aliphatic carbocycles. The number of hydrogen-bond donors (Lipinski definition) is 0. The Labute approximate surface area is 210 Å². The van der Waals surface area contributed by atoms with E-state index >= 15 is 0 Å². The quantitative estimate of drug-likeness (QED) is 0.272. The first-order chi connectivity index (χ1) is 17.6. The minimum Gasteiger partial charge on any atom is -0.341 e. The van der Waals surface area contributed by atoms with Gasteiger partial charge in [0.05, 0.1) is 5.56 Å². The highest BCUT2D eigenvalue weighted by Gasteiger charge is 2.28. The number of Topliss-reactive ketones (excluding diaryl/α,β-unsaturated/α-hetero) is 1. The molecule has 1 aliphatic rings. The van der Waals surface area contributed by atoms with E-state index in [1.54, 1.807) is 15.7 Å². The lowest BCUT2D eigenvalue weighted by Crippen LogP contribution is -2.35. The van der Waals surface area contributed by atoms with Gasteiger partial charge in [-0.15, -0.1) is 0 Å². The molecule has 3 aromatic carbocycles. The molecule has 1 saturated heterocycles. The maximum absolute atomic E-state index is 13.6. The molecule has 1 aliphatic heterocycles. The van der Waals surface area contributed by atoms with Crippen molar-refractivity contribution in [3.8, 4) is 0 Å². The van der Waals surface area contributed by atoms with Crippen molar-refractivity contribution in [2.75, 3.05) is 13.1 Å². The van der Waals surface area contributed by atoms with Gasteiger partial charge in [-0.05, 0) is 30.0 Å². The molecule has 36 heavy (non-hydrogen) atoms. The summed E-state index contributed by atoms with van der Waals surface area (Å²) in [6.45, 7) is 2.35. The van der Waals surface area contributed by atoms with Crippen LogP contribution in [0.3, 0.4) is 0 Å². The van der Waals surface area contributed by atoms with Gasteiger partial charge in [0.1, 0.15) is 6.54 Å². The number of carbonyl (C=O) groups is 3. The van der Waals surface area contributed by atoms with E-state index in [0.717, 1.165) is 42.6 Å². The van der Waals surface area contributed by atoms with Gasteiger partial charge in [0.2, 0.25) is 5.91 Å². The molecule has 0 bridgehead atoms. The van der Waals surface area contributed by atoms with Crippen LogP contribution in [0.15, 0.2) is 91.1 Å². The molecule has 4 aromatic rings. The Balaban J connectivity index is 1.44. The van der Waals surface area contributed by atoms with Crippen molar-refractivity contribution in [1.29, 1.82) is 0 Å². The van der Waals surface area contributed by atoms with Crippen LogP contribution in [0.25, 0.3) is 10.9 Å². The number of rotatable bonds is 8. The van der Waals surface area contributed by atoms with E-state index in [0.29, 0.717) is 24.0 Å². The summed E-state index contributed by atoms with van der Waals surface area (Å²) < 4.78 is 1.80. The van der Waals surface area contributed by atoms with E-state index in [1.165, 1.54) is 0 Å². The predicted octanol–water partition coefficient (Wildman–Crippen LogP) is 4.68.